The molecule has 0 saturated heterocycles. The first-order valence-electron chi connectivity index (χ1n) is 9.40. The first kappa shape index (κ1) is 20.5. The van der Waals surface area contributed by atoms with Crippen molar-refractivity contribution in [2.24, 2.45) is 0 Å². The minimum absolute atomic E-state index is 0.394. The average Bonchev–Trinajstić information content (AvgIpc) is 2.70. The molecule has 0 atom stereocenters. The molecule has 0 bridgehead atoms. The summed E-state index contributed by atoms with van der Waals surface area (Å²) >= 11 is 0. The molecule has 3 aromatic rings. The van der Waals surface area contributed by atoms with E-state index in [0.717, 1.165) is 39.0 Å². The van der Waals surface area contributed by atoms with Gasteiger partial charge in [-0.25, -0.2) is 0 Å². The van der Waals surface area contributed by atoms with E-state index < -0.39 is 5.97 Å². The Labute approximate surface area is 170 Å². The molecule has 1 aromatic heterocycles. The second kappa shape index (κ2) is 8.82. The second-order valence-electron chi connectivity index (χ2n) is 6.62. The molecule has 0 N–H and O–H groups in total. The van der Waals surface area contributed by atoms with E-state index in [4.69, 9.17) is 18.9 Å². The number of nitrogens with zero attached hydrogens (tertiary/aromatic N) is 1. The molecule has 0 radical (unpaired) electrons. The number of aromatic nitrogens is 1. The smallest absolute Gasteiger partial charge is 0.308 e. The maximum Gasteiger partial charge on any atom is 0.308 e. The fourth-order valence-electron chi connectivity index (χ4n) is 3.38. The van der Waals surface area contributed by atoms with Crippen LogP contribution in [0.1, 0.15) is 30.5 Å². The summed E-state index contributed by atoms with van der Waals surface area (Å²) in [7, 11) is 3.29. The van der Waals surface area contributed by atoms with E-state index in [9.17, 15) is 4.79 Å². The van der Waals surface area contributed by atoms with E-state index in [-0.39, 0.29) is 0 Å². The van der Waals surface area contributed by atoms with Gasteiger partial charge in [0.05, 0.1) is 20.8 Å². The van der Waals surface area contributed by atoms with Crippen molar-refractivity contribution in [3.05, 3.63) is 53.3 Å². The largest absolute Gasteiger partial charge is 0.496 e. The third-order valence-corrected chi connectivity index (χ3v) is 4.69. The van der Waals surface area contributed by atoms with Crippen molar-refractivity contribution >= 4 is 16.7 Å². The molecule has 0 saturated carbocycles. The Balaban J connectivity index is 2.11. The first-order chi connectivity index (χ1) is 14.0. The number of esters is 1. The van der Waals surface area contributed by atoms with Crippen molar-refractivity contribution in [3.8, 4) is 23.0 Å². The van der Waals surface area contributed by atoms with Gasteiger partial charge in [-0.3, -0.25) is 9.78 Å². The van der Waals surface area contributed by atoms with Crippen LogP contribution in [0.5, 0.6) is 23.0 Å². The molecule has 2 aromatic carbocycles. The third kappa shape index (κ3) is 4.26. The molecule has 3 rings (SSSR count). The zero-order chi connectivity index (χ0) is 21.0. The van der Waals surface area contributed by atoms with Gasteiger partial charge in [0.1, 0.15) is 11.5 Å². The number of benzene rings is 2. The van der Waals surface area contributed by atoms with Crippen LogP contribution in [0.4, 0.5) is 0 Å². The summed E-state index contributed by atoms with van der Waals surface area (Å²) in [6.07, 6.45) is 4.12. The van der Waals surface area contributed by atoms with E-state index in [1.165, 1.54) is 6.92 Å². The van der Waals surface area contributed by atoms with Crippen molar-refractivity contribution in [2.45, 2.75) is 27.2 Å². The van der Waals surface area contributed by atoms with Crippen LogP contribution in [0.2, 0.25) is 0 Å². The highest BCUT2D eigenvalue weighted by Crippen LogP contribution is 2.38. The Morgan fingerprint density at radius 1 is 1.00 bits per heavy atom. The fraction of sp³-hybridized carbons (Fsp3) is 0.304. The molecule has 0 amide bonds. The van der Waals surface area contributed by atoms with Gasteiger partial charge in [-0.15, -0.1) is 0 Å². The lowest BCUT2D eigenvalue weighted by atomic mass is 9.98. The Morgan fingerprint density at radius 2 is 1.69 bits per heavy atom. The molecule has 0 spiro atoms. The van der Waals surface area contributed by atoms with Gasteiger partial charge in [0.25, 0.3) is 0 Å². The SMILES string of the molecule is CCOc1ccc2c(Cc3cc(OC)c(C)c(OC)c3)cncc2c1OC(C)=O. The summed E-state index contributed by atoms with van der Waals surface area (Å²) < 4.78 is 22.1. The number of hydrogen-bond acceptors (Lipinski definition) is 6. The van der Waals surface area contributed by atoms with Gasteiger partial charge in [-0.1, -0.05) is 6.07 Å². The van der Waals surface area contributed by atoms with Crippen LogP contribution in [0, 0.1) is 6.92 Å². The standard InChI is InChI=1S/C23H25NO5/c1-6-28-20-8-7-18-17(12-24-13-19(18)23(20)29-15(3)25)9-16-10-21(26-4)14(2)22(11-16)27-5/h7-8,10-13H,6,9H2,1-5H3. The molecule has 29 heavy (non-hydrogen) atoms. The summed E-state index contributed by atoms with van der Waals surface area (Å²) in [5, 5.41) is 1.67. The van der Waals surface area contributed by atoms with Crippen LogP contribution in [0.3, 0.4) is 0 Å². The number of fused-ring (bicyclic) bond motifs is 1. The van der Waals surface area contributed by atoms with Crippen molar-refractivity contribution in [2.75, 3.05) is 20.8 Å². The molecule has 0 aliphatic rings. The van der Waals surface area contributed by atoms with Crippen LogP contribution in [0.15, 0.2) is 36.7 Å². The van der Waals surface area contributed by atoms with E-state index in [0.29, 0.717) is 24.5 Å². The summed E-state index contributed by atoms with van der Waals surface area (Å²) in [6.45, 7) is 5.68. The van der Waals surface area contributed by atoms with Crippen LogP contribution in [-0.2, 0) is 11.2 Å². The molecule has 1 heterocycles. The average molecular weight is 395 g/mol. The highest BCUT2D eigenvalue weighted by molar-refractivity contribution is 5.94. The van der Waals surface area contributed by atoms with Crippen LogP contribution in [-0.4, -0.2) is 31.8 Å². The summed E-state index contributed by atoms with van der Waals surface area (Å²) in [5.41, 5.74) is 2.97. The summed E-state index contributed by atoms with van der Waals surface area (Å²) in [4.78, 5) is 16.0. The number of hydrogen-bond donors (Lipinski definition) is 0. The number of pyridine rings is 1. The van der Waals surface area contributed by atoms with Gasteiger partial charge in [-0.2, -0.15) is 0 Å². The minimum atomic E-state index is -0.406. The normalized spacial score (nSPS) is 10.7. The van der Waals surface area contributed by atoms with Crippen molar-refractivity contribution in [1.29, 1.82) is 0 Å². The lowest BCUT2D eigenvalue weighted by molar-refractivity contribution is -0.131. The van der Waals surface area contributed by atoms with Gasteiger partial charge in [-0.05, 0) is 55.0 Å². The van der Waals surface area contributed by atoms with Gasteiger partial charge in [0.2, 0.25) is 0 Å². The van der Waals surface area contributed by atoms with Gasteiger partial charge in [0.15, 0.2) is 11.5 Å². The highest BCUT2D eigenvalue weighted by atomic mass is 16.6. The predicted octanol–water partition coefficient (Wildman–Crippen LogP) is 4.48. The monoisotopic (exact) mass is 395 g/mol. The second-order valence-corrected chi connectivity index (χ2v) is 6.62. The molecule has 6 nitrogen and oxygen atoms in total. The molecule has 152 valence electrons. The number of carbonyl (C=O) groups excluding carboxylic acids is 1. The lowest BCUT2D eigenvalue weighted by Gasteiger charge is -2.15. The summed E-state index contributed by atoms with van der Waals surface area (Å²) in [5.74, 6) is 2.05. The zero-order valence-electron chi connectivity index (χ0n) is 17.4. The Morgan fingerprint density at radius 3 is 2.28 bits per heavy atom. The Kier molecular flexibility index (Phi) is 6.22. The molecule has 0 fully saturated rings. The lowest BCUT2D eigenvalue weighted by Crippen LogP contribution is -2.05. The van der Waals surface area contributed by atoms with E-state index in [2.05, 4.69) is 4.98 Å². The highest BCUT2D eigenvalue weighted by Gasteiger charge is 2.16. The van der Waals surface area contributed by atoms with Crippen LogP contribution < -0.4 is 18.9 Å². The Bertz CT molecular complexity index is 1020. The van der Waals surface area contributed by atoms with E-state index in [1.807, 2.05) is 44.3 Å². The van der Waals surface area contributed by atoms with Crippen molar-refractivity contribution in [1.82, 2.24) is 4.98 Å². The number of methoxy groups -OCH3 is 2. The van der Waals surface area contributed by atoms with Gasteiger partial charge < -0.3 is 18.9 Å². The quantitative estimate of drug-likeness (QED) is 0.434. The van der Waals surface area contributed by atoms with Crippen molar-refractivity contribution in [3.63, 3.8) is 0 Å². The Hall–Kier alpha value is -3.28. The maximum atomic E-state index is 11.6. The fourth-order valence-corrected chi connectivity index (χ4v) is 3.38. The van der Waals surface area contributed by atoms with Crippen molar-refractivity contribution < 1.29 is 23.7 Å². The molecule has 0 aliphatic carbocycles. The van der Waals surface area contributed by atoms with Gasteiger partial charge >= 0.3 is 5.97 Å². The topological polar surface area (TPSA) is 66.9 Å². The molecule has 0 unspecified atom stereocenters. The van der Waals surface area contributed by atoms with Gasteiger partial charge in [0, 0.05) is 30.3 Å². The number of rotatable bonds is 7. The minimum Gasteiger partial charge on any atom is -0.496 e. The summed E-state index contributed by atoms with van der Waals surface area (Å²) in [6, 6.07) is 7.79. The molecular formula is C23H25NO5. The first-order valence-corrected chi connectivity index (χ1v) is 9.40. The zero-order valence-corrected chi connectivity index (χ0v) is 17.4. The molecule has 6 heteroatoms. The third-order valence-electron chi connectivity index (χ3n) is 4.69. The maximum absolute atomic E-state index is 11.6. The predicted molar refractivity (Wildman–Crippen MR) is 111 cm³/mol. The van der Waals surface area contributed by atoms with Crippen LogP contribution >= 0.6 is 0 Å². The number of carbonyl (C=O) groups is 1. The van der Waals surface area contributed by atoms with E-state index in [1.54, 1.807) is 20.4 Å². The molecule has 0 aliphatic heterocycles. The number of ether oxygens (including phenoxy) is 4. The van der Waals surface area contributed by atoms with Crippen LogP contribution in [0.25, 0.3) is 10.8 Å². The molecular weight excluding hydrogens is 370 g/mol. The van der Waals surface area contributed by atoms with E-state index >= 15 is 0 Å².